The molecule has 1 aromatic rings. The van der Waals surface area contributed by atoms with Crippen LogP contribution in [0.25, 0.3) is 0 Å². The zero-order valence-electron chi connectivity index (χ0n) is 11.8. The highest BCUT2D eigenvalue weighted by atomic mass is 16.1. The van der Waals surface area contributed by atoms with Crippen molar-refractivity contribution in [3.8, 4) is 0 Å². The van der Waals surface area contributed by atoms with Crippen LogP contribution in [0.5, 0.6) is 0 Å². The van der Waals surface area contributed by atoms with Gasteiger partial charge in [-0.1, -0.05) is 48.7 Å². The van der Waals surface area contributed by atoms with Gasteiger partial charge < -0.3 is 0 Å². The van der Waals surface area contributed by atoms with Gasteiger partial charge in [-0.25, -0.2) is 0 Å². The van der Waals surface area contributed by atoms with Crippen LogP contribution in [0.15, 0.2) is 29.8 Å². The molecule has 0 amide bonds. The summed E-state index contributed by atoms with van der Waals surface area (Å²) in [5.41, 5.74) is 5.32. The van der Waals surface area contributed by atoms with Gasteiger partial charge in [0.25, 0.3) is 0 Å². The van der Waals surface area contributed by atoms with Crippen molar-refractivity contribution in [3.05, 3.63) is 46.5 Å². The topological polar surface area (TPSA) is 17.1 Å². The summed E-state index contributed by atoms with van der Waals surface area (Å²) in [4.78, 5) is 11.7. The van der Waals surface area contributed by atoms with Crippen LogP contribution < -0.4 is 0 Å². The molecule has 0 heterocycles. The van der Waals surface area contributed by atoms with E-state index >= 15 is 0 Å². The zero-order valence-corrected chi connectivity index (χ0v) is 11.8. The van der Waals surface area contributed by atoms with Crippen LogP contribution in [-0.4, -0.2) is 5.78 Å². The molecule has 2 rings (SSSR count). The van der Waals surface area contributed by atoms with Crippen molar-refractivity contribution in [2.75, 3.05) is 0 Å². The molecular formula is C17H22O. The molecular weight excluding hydrogens is 220 g/mol. The van der Waals surface area contributed by atoms with Gasteiger partial charge in [-0.3, -0.25) is 4.79 Å². The molecule has 0 aromatic heterocycles. The van der Waals surface area contributed by atoms with E-state index in [1.165, 1.54) is 22.3 Å². The molecule has 0 atom stereocenters. The Morgan fingerprint density at radius 1 is 1.06 bits per heavy atom. The Kier molecular flexibility index (Phi) is 3.43. The van der Waals surface area contributed by atoms with Gasteiger partial charge in [0, 0.05) is 6.42 Å². The van der Waals surface area contributed by atoms with Crippen LogP contribution in [0.1, 0.15) is 43.4 Å². The third kappa shape index (κ3) is 3.32. The van der Waals surface area contributed by atoms with Crippen LogP contribution >= 0.6 is 0 Å². The van der Waals surface area contributed by atoms with Crippen LogP contribution in [0.2, 0.25) is 0 Å². The molecule has 0 fully saturated rings. The third-order valence-corrected chi connectivity index (χ3v) is 3.44. The fourth-order valence-electron chi connectivity index (χ4n) is 3.03. The lowest BCUT2D eigenvalue weighted by atomic mass is 9.75. The number of ketones is 1. The molecule has 1 aromatic carbocycles. The normalized spacial score (nSPS) is 18.7. The first-order valence-corrected chi connectivity index (χ1v) is 6.63. The first-order valence-electron chi connectivity index (χ1n) is 6.63. The number of aryl methyl sites for hydroxylation is 2. The Bertz CT molecular complexity index is 486. The van der Waals surface area contributed by atoms with Gasteiger partial charge in [0.05, 0.1) is 0 Å². The minimum Gasteiger partial charge on any atom is -0.295 e. The number of benzene rings is 1. The van der Waals surface area contributed by atoms with E-state index in [-0.39, 0.29) is 11.2 Å². The number of allylic oxidation sites excluding steroid dienone is 2. The fraction of sp³-hybridized carbons (Fsp3) is 0.471. The summed E-state index contributed by atoms with van der Waals surface area (Å²) in [6.45, 7) is 8.61. The quantitative estimate of drug-likeness (QED) is 0.761. The van der Waals surface area contributed by atoms with E-state index < -0.39 is 0 Å². The van der Waals surface area contributed by atoms with Gasteiger partial charge in [-0.2, -0.15) is 0 Å². The van der Waals surface area contributed by atoms with Crippen molar-refractivity contribution >= 4 is 5.78 Å². The summed E-state index contributed by atoms with van der Waals surface area (Å²) in [7, 11) is 0. The average Bonchev–Trinajstić information content (AvgIpc) is 2.10. The standard InChI is InChI=1S/C17H22O/c1-12-5-13(2)7-14(6-12)8-15-9-16(18)11-17(3,4)10-15/h5-7,9H,8,10-11H2,1-4H3. The van der Waals surface area contributed by atoms with Crippen molar-refractivity contribution in [1.82, 2.24) is 0 Å². The van der Waals surface area contributed by atoms with Gasteiger partial charge in [0.2, 0.25) is 0 Å². The third-order valence-electron chi connectivity index (χ3n) is 3.44. The van der Waals surface area contributed by atoms with E-state index in [1.807, 2.05) is 6.08 Å². The van der Waals surface area contributed by atoms with E-state index in [2.05, 4.69) is 45.9 Å². The second kappa shape index (κ2) is 4.72. The average molecular weight is 242 g/mol. The molecule has 1 heteroatoms. The molecule has 0 N–H and O–H groups in total. The smallest absolute Gasteiger partial charge is 0.156 e. The van der Waals surface area contributed by atoms with Gasteiger partial charge in [0.15, 0.2) is 5.78 Å². The summed E-state index contributed by atoms with van der Waals surface area (Å²) in [6.07, 6.45) is 4.50. The van der Waals surface area contributed by atoms with Gasteiger partial charge in [0.1, 0.15) is 0 Å². The molecule has 96 valence electrons. The van der Waals surface area contributed by atoms with Crippen molar-refractivity contribution in [3.63, 3.8) is 0 Å². The second-order valence-electron chi connectivity index (χ2n) is 6.46. The Morgan fingerprint density at radius 2 is 1.67 bits per heavy atom. The predicted octanol–water partition coefficient (Wildman–Crippen LogP) is 4.16. The van der Waals surface area contributed by atoms with E-state index in [1.54, 1.807) is 0 Å². The maximum atomic E-state index is 11.7. The number of hydrogen-bond donors (Lipinski definition) is 0. The summed E-state index contributed by atoms with van der Waals surface area (Å²) >= 11 is 0. The van der Waals surface area contributed by atoms with Gasteiger partial charge in [-0.15, -0.1) is 0 Å². The maximum absolute atomic E-state index is 11.7. The van der Waals surface area contributed by atoms with E-state index in [0.29, 0.717) is 6.42 Å². The lowest BCUT2D eigenvalue weighted by molar-refractivity contribution is -0.117. The second-order valence-corrected chi connectivity index (χ2v) is 6.46. The Hall–Kier alpha value is -1.37. The Labute approximate surface area is 110 Å². The molecule has 0 aliphatic heterocycles. The highest BCUT2D eigenvalue weighted by molar-refractivity contribution is 5.91. The van der Waals surface area contributed by atoms with E-state index in [4.69, 9.17) is 0 Å². The minimum absolute atomic E-state index is 0.125. The minimum atomic E-state index is 0.125. The number of carbonyl (C=O) groups excluding carboxylic acids is 1. The lowest BCUT2D eigenvalue weighted by Crippen LogP contribution is -2.22. The van der Waals surface area contributed by atoms with Gasteiger partial charge >= 0.3 is 0 Å². The molecule has 0 unspecified atom stereocenters. The lowest BCUT2D eigenvalue weighted by Gasteiger charge is -2.29. The van der Waals surface area contributed by atoms with E-state index in [0.717, 1.165) is 12.8 Å². The van der Waals surface area contributed by atoms with Crippen molar-refractivity contribution in [2.45, 2.75) is 47.0 Å². The number of rotatable bonds is 2. The molecule has 0 bridgehead atoms. The van der Waals surface area contributed by atoms with Crippen molar-refractivity contribution in [2.24, 2.45) is 5.41 Å². The highest BCUT2D eigenvalue weighted by Crippen LogP contribution is 2.35. The van der Waals surface area contributed by atoms with Crippen molar-refractivity contribution in [1.29, 1.82) is 0 Å². The molecule has 0 saturated heterocycles. The van der Waals surface area contributed by atoms with Crippen LogP contribution in [0.4, 0.5) is 0 Å². The SMILES string of the molecule is Cc1cc(C)cc(CC2=CC(=O)CC(C)(C)C2)c1. The first kappa shape index (κ1) is 13.1. The molecule has 1 nitrogen and oxygen atoms in total. The summed E-state index contributed by atoms with van der Waals surface area (Å²) < 4.78 is 0. The number of hydrogen-bond acceptors (Lipinski definition) is 1. The van der Waals surface area contributed by atoms with Crippen LogP contribution in [0.3, 0.4) is 0 Å². The summed E-state index contributed by atoms with van der Waals surface area (Å²) in [5.74, 6) is 0.283. The van der Waals surface area contributed by atoms with Gasteiger partial charge in [-0.05, 0) is 43.7 Å². The molecule has 1 aliphatic rings. The van der Waals surface area contributed by atoms with Crippen LogP contribution in [-0.2, 0) is 11.2 Å². The number of carbonyl (C=O) groups is 1. The zero-order chi connectivity index (χ0) is 13.3. The molecule has 0 spiro atoms. The Balaban J connectivity index is 2.21. The fourth-order valence-corrected chi connectivity index (χ4v) is 3.03. The summed E-state index contributed by atoms with van der Waals surface area (Å²) in [6, 6.07) is 6.63. The predicted molar refractivity (Wildman–Crippen MR) is 75.7 cm³/mol. The maximum Gasteiger partial charge on any atom is 0.156 e. The van der Waals surface area contributed by atoms with Crippen molar-refractivity contribution < 1.29 is 4.79 Å². The molecule has 1 aliphatic carbocycles. The summed E-state index contributed by atoms with van der Waals surface area (Å²) in [5, 5.41) is 0. The van der Waals surface area contributed by atoms with Crippen LogP contribution in [0, 0.1) is 19.3 Å². The molecule has 18 heavy (non-hydrogen) atoms. The first-order chi connectivity index (χ1) is 8.34. The molecule has 0 radical (unpaired) electrons. The Morgan fingerprint density at radius 3 is 2.22 bits per heavy atom. The highest BCUT2D eigenvalue weighted by Gasteiger charge is 2.27. The largest absolute Gasteiger partial charge is 0.295 e. The monoisotopic (exact) mass is 242 g/mol. The van der Waals surface area contributed by atoms with E-state index in [9.17, 15) is 4.79 Å². The molecule has 0 saturated carbocycles.